The van der Waals surface area contributed by atoms with Crippen molar-refractivity contribution in [2.45, 2.75) is 20.4 Å². The molecule has 1 unspecified atom stereocenters. The number of hydrogen-bond acceptors (Lipinski definition) is 4. The number of amides is 2. The van der Waals surface area contributed by atoms with Crippen LogP contribution in [0.1, 0.15) is 16.7 Å². The van der Waals surface area contributed by atoms with Crippen molar-refractivity contribution in [2.24, 2.45) is 0 Å². The summed E-state index contributed by atoms with van der Waals surface area (Å²) in [6.07, 6.45) is 0. The topological polar surface area (TPSA) is 81.1 Å². The van der Waals surface area contributed by atoms with E-state index in [1.54, 1.807) is 0 Å². The Bertz CT molecular complexity index is 862. The van der Waals surface area contributed by atoms with Crippen LogP contribution in [-0.4, -0.2) is 38.7 Å². The SMILES string of the molecule is Cc1cccc(C)c1NC(=O)CNC(=O)C[NH+](C)Cc1ccc2c(c1)OCO2. The third kappa shape index (κ3) is 5.01. The largest absolute Gasteiger partial charge is 0.454 e. The van der Waals surface area contributed by atoms with Crippen LogP contribution in [0.3, 0.4) is 0 Å². The van der Waals surface area contributed by atoms with Gasteiger partial charge in [0.15, 0.2) is 18.0 Å². The van der Waals surface area contributed by atoms with Gasteiger partial charge in [-0.3, -0.25) is 9.59 Å². The molecule has 0 bridgehead atoms. The van der Waals surface area contributed by atoms with Crippen LogP contribution in [-0.2, 0) is 16.1 Å². The molecule has 1 aliphatic heterocycles. The van der Waals surface area contributed by atoms with Gasteiger partial charge in [-0.15, -0.1) is 0 Å². The van der Waals surface area contributed by atoms with Gasteiger partial charge in [-0.05, 0) is 43.2 Å². The van der Waals surface area contributed by atoms with Crippen LogP contribution in [0.5, 0.6) is 11.5 Å². The second-order valence-corrected chi connectivity index (χ2v) is 7.09. The van der Waals surface area contributed by atoms with Gasteiger partial charge in [-0.1, -0.05) is 18.2 Å². The summed E-state index contributed by atoms with van der Waals surface area (Å²) in [5.41, 5.74) is 3.84. The average Bonchev–Trinajstić information content (AvgIpc) is 3.11. The van der Waals surface area contributed by atoms with Gasteiger partial charge >= 0.3 is 0 Å². The van der Waals surface area contributed by atoms with E-state index >= 15 is 0 Å². The predicted octanol–water partition coefficient (Wildman–Crippen LogP) is 0.802. The van der Waals surface area contributed by atoms with Crippen molar-refractivity contribution < 1.29 is 24.0 Å². The first kappa shape index (κ1) is 19.7. The fraction of sp³-hybridized carbons (Fsp3) is 0.333. The Morgan fingerprint density at radius 2 is 1.75 bits per heavy atom. The highest BCUT2D eigenvalue weighted by molar-refractivity contribution is 5.95. The number of carbonyl (C=O) groups excluding carboxylic acids is 2. The van der Waals surface area contributed by atoms with E-state index in [2.05, 4.69) is 10.6 Å². The lowest BCUT2D eigenvalue weighted by Gasteiger charge is -2.15. The Labute approximate surface area is 164 Å². The highest BCUT2D eigenvalue weighted by Crippen LogP contribution is 2.32. The number of rotatable bonds is 7. The number of quaternary nitrogens is 1. The molecular weight excluding hydrogens is 358 g/mol. The van der Waals surface area contributed by atoms with Crippen LogP contribution in [0, 0.1) is 13.8 Å². The van der Waals surface area contributed by atoms with E-state index in [-0.39, 0.29) is 31.7 Å². The minimum Gasteiger partial charge on any atom is -0.454 e. The van der Waals surface area contributed by atoms with Crippen molar-refractivity contribution in [1.82, 2.24) is 5.32 Å². The van der Waals surface area contributed by atoms with E-state index in [1.165, 1.54) is 0 Å². The number of hydrogen-bond donors (Lipinski definition) is 3. The maximum atomic E-state index is 12.2. The molecular formula is C21H26N3O4+. The second-order valence-electron chi connectivity index (χ2n) is 7.09. The van der Waals surface area contributed by atoms with E-state index in [0.717, 1.165) is 38.8 Å². The molecule has 2 aromatic rings. The number of aryl methyl sites for hydroxylation is 2. The Morgan fingerprint density at radius 1 is 1.04 bits per heavy atom. The molecule has 0 saturated carbocycles. The van der Waals surface area contributed by atoms with Crippen molar-refractivity contribution in [3.05, 3.63) is 53.1 Å². The summed E-state index contributed by atoms with van der Waals surface area (Å²) in [4.78, 5) is 25.3. The number of para-hydroxylation sites is 1. The first-order valence-corrected chi connectivity index (χ1v) is 9.25. The molecule has 1 heterocycles. The van der Waals surface area contributed by atoms with Gasteiger partial charge < -0.3 is 25.0 Å². The van der Waals surface area contributed by atoms with E-state index < -0.39 is 0 Å². The molecule has 2 amide bonds. The quantitative estimate of drug-likeness (QED) is 0.660. The third-order valence-electron chi connectivity index (χ3n) is 4.60. The molecule has 0 saturated heterocycles. The van der Waals surface area contributed by atoms with Crippen LogP contribution < -0.4 is 25.0 Å². The normalized spacial score (nSPS) is 13.1. The number of carbonyl (C=O) groups is 2. The van der Waals surface area contributed by atoms with Gasteiger partial charge in [-0.25, -0.2) is 0 Å². The lowest BCUT2D eigenvalue weighted by Crippen LogP contribution is -3.08. The van der Waals surface area contributed by atoms with Crippen LogP contribution in [0.4, 0.5) is 5.69 Å². The summed E-state index contributed by atoms with van der Waals surface area (Å²) < 4.78 is 10.7. The first-order chi connectivity index (χ1) is 13.4. The highest BCUT2D eigenvalue weighted by Gasteiger charge is 2.16. The zero-order valence-electron chi connectivity index (χ0n) is 16.4. The third-order valence-corrected chi connectivity index (χ3v) is 4.60. The van der Waals surface area contributed by atoms with Crippen LogP contribution in [0.25, 0.3) is 0 Å². The molecule has 7 heteroatoms. The van der Waals surface area contributed by atoms with Crippen molar-refractivity contribution in [3.8, 4) is 11.5 Å². The molecule has 3 N–H and O–H groups in total. The summed E-state index contributed by atoms with van der Waals surface area (Å²) in [6.45, 7) is 5.01. The maximum absolute atomic E-state index is 12.2. The molecule has 0 fully saturated rings. The average molecular weight is 384 g/mol. The summed E-state index contributed by atoms with van der Waals surface area (Å²) in [6, 6.07) is 11.6. The van der Waals surface area contributed by atoms with Crippen molar-refractivity contribution >= 4 is 17.5 Å². The summed E-state index contributed by atoms with van der Waals surface area (Å²) >= 11 is 0. The van der Waals surface area contributed by atoms with Gasteiger partial charge in [0.25, 0.3) is 5.91 Å². The standard InChI is InChI=1S/C21H25N3O4/c1-14-5-4-6-15(2)21(14)23-19(25)10-22-20(26)12-24(3)11-16-7-8-17-18(9-16)28-13-27-17/h4-9H,10-13H2,1-3H3,(H,22,26)(H,23,25)/p+1. The number of ether oxygens (including phenoxy) is 2. The van der Waals surface area contributed by atoms with E-state index in [9.17, 15) is 9.59 Å². The predicted molar refractivity (Wildman–Crippen MR) is 106 cm³/mol. The van der Waals surface area contributed by atoms with Crippen LogP contribution >= 0.6 is 0 Å². The van der Waals surface area contributed by atoms with Crippen molar-refractivity contribution in [2.75, 3.05) is 32.2 Å². The Balaban J connectivity index is 1.44. The van der Waals surface area contributed by atoms with Gasteiger partial charge in [0.1, 0.15) is 6.54 Å². The van der Waals surface area contributed by atoms with E-state index in [4.69, 9.17) is 9.47 Å². The maximum Gasteiger partial charge on any atom is 0.275 e. The minimum atomic E-state index is -0.237. The summed E-state index contributed by atoms with van der Waals surface area (Å²) in [5, 5.41) is 5.55. The molecule has 148 valence electrons. The van der Waals surface area contributed by atoms with Gasteiger partial charge in [-0.2, -0.15) is 0 Å². The molecule has 3 rings (SSSR count). The number of nitrogens with one attached hydrogen (secondary N) is 3. The van der Waals surface area contributed by atoms with Crippen molar-refractivity contribution in [1.29, 1.82) is 0 Å². The molecule has 7 nitrogen and oxygen atoms in total. The van der Waals surface area contributed by atoms with Crippen molar-refractivity contribution in [3.63, 3.8) is 0 Å². The van der Waals surface area contributed by atoms with Gasteiger partial charge in [0, 0.05) is 11.3 Å². The summed E-state index contributed by atoms with van der Waals surface area (Å²) in [7, 11) is 1.93. The molecule has 1 atom stereocenters. The number of fused-ring (bicyclic) bond motifs is 1. The number of likely N-dealkylation sites (N-methyl/N-ethyl adjacent to an activating group) is 1. The fourth-order valence-electron chi connectivity index (χ4n) is 3.17. The molecule has 0 aromatic heterocycles. The van der Waals surface area contributed by atoms with E-state index in [1.807, 2.05) is 57.3 Å². The zero-order chi connectivity index (χ0) is 20.1. The Hall–Kier alpha value is -3.06. The van der Waals surface area contributed by atoms with Crippen LogP contribution in [0.15, 0.2) is 36.4 Å². The fourth-order valence-corrected chi connectivity index (χ4v) is 3.17. The molecule has 2 aromatic carbocycles. The monoisotopic (exact) mass is 384 g/mol. The van der Waals surface area contributed by atoms with E-state index in [0.29, 0.717) is 6.54 Å². The Morgan fingerprint density at radius 3 is 2.50 bits per heavy atom. The minimum absolute atomic E-state index is 0.0517. The molecule has 0 aliphatic carbocycles. The number of anilines is 1. The Kier molecular flexibility index (Phi) is 6.16. The van der Waals surface area contributed by atoms with Gasteiger partial charge in [0.2, 0.25) is 12.7 Å². The number of benzene rings is 2. The summed E-state index contributed by atoms with van der Waals surface area (Å²) in [5.74, 6) is 1.07. The van der Waals surface area contributed by atoms with Gasteiger partial charge in [0.05, 0.1) is 13.6 Å². The molecule has 0 radical (unpaired) electrons. The molecule has 28 heavy (non-hydrogen) atoms. The molecule has 1 aliphatic rings. The zero-order valence-corrected chi connectivity index (χ0v) is 16.4. The lowest BCUT2D eigenvalue weighted by atomic mass is 10.1. The second kappa shape index (κ2) is 8.75. The smallest absolute Gasteiger partial charge is 0.275 e. The molecule has 0 spiro atoms. The lowest BCUT2D eigenvalue weighted by molar-refractivity contribution is -0.885. The van der Waals surface area contributed by atoms with Crippen LogP contribution in [0.2, 0.25) is 0 Å². The highest BCUT2D eigenvalue weighted by atomic mass is 16.7. The first-order valence-electron chi connectivity index (χ1n) is 9.25.